The number of hydrogen-bond donors (Lipinski definition) is 2. The minimum absolute atomic E-state index is 0.208. The summed E-state index contributed by atoms with van der Waals surface area (Å²) in [4.78, 5) is 0. The zero-order chi connectivity index (χ0) is 13.0. The van der Waals surface area contributed by atoms with Crippen LogP contribution in [0.15, 0.2) is 48.5 Å². The lowest BCUT2D eigenvalue weighted by atomic mass is 10.1. The molecule has 0 aliphatic rings. The first-order valence-electron chi connectivity index (χ1n) is 5.58. The summed E-state index contributed by atoms with van der Waals surface area (Å²) >= 11 is 0. The van der Waals surface area contributed by atoms with Crippen molar-refractivity contribution in [1.82, 2.24) is 0 Å². The first-order valence-corrected chi connectivity index (χ1v) is 5.58. The number of aliphatic hydroxyl groups is 1. The highest BCUT2D eigenvalue weighted by Crippen LogP contribution is 2.21. The van der Waals surface area contributed by atoms with Crippen LogP contribution in [0.3, 0.4) is 0 Å². The van der Waals surface area contributed by atoms with Crippen LogP contribution in [0, 0.1) is 11.6 Å². The number of halogens is 2. The number of benzene rings is 2. The molecule has 4 heteroatoms. The Morgan fingerprint density at radius 3 is 2.28 bits per heavy atom. The first kappa shape index (κ1) is 12.5. The number of rotatable bonds is 4. The Morgan fingerprint density at radius 1 is 1.00 bits per heavy atom. The van der Waals surface area contributed by atoms with Crippen molar-refractivity contribution in [3.05, 3.63) is 65.7 Å². The lowest BCUT2D eigenvalue weighted by Crippen LogP contribution is -2.15. The monoisotopic (exact) mass is 249 g/mol. The third kappa shape index (κ3) is 2.84. The van der Waals surface area contributed by atoms with Crippen LogP contribution in [-0.2, 0) is 0 Å². The fourth-order valence-corrected chi connectivity index (χ4v) is 1.70. The second-order valence-electron chi connectivity index (χ2n) is 3.91. The molecule has 0 amide bonds. The summed E-state index contributed by atoms with van der Waals surface area (Å²) in [6.45, 7) is -0.208. The average Bonchev–Trinajstić information content (AvgIpc) is 2.39. The molecule has 2 N–H and O–H groups in total. The van der Waals surface area contributed by atoms with E-state index in [4.69, 9.17) is 0 Å². The van der Waals surface area contributed by atoms with E-state index in [0.717, 1.165) is 0 Å². The smallest absolute Gasteiger partial charge is 0.146 e. The molecule has 0 aromatic heterocycles. The average molecular weight is 249 g/mol. The molecule has 2 aromatic carbocycles. The maximum absolute atomic E-state index is 13.5. The van der Waals surface area contributed by atoms with E-state index in [1.165, 1.54) is 18.2 Å². The predicted octanol–water partition coefficient (Wildman–Crippen LogP) is 3.11. The molecule has 2 rings (SSSR count). The van der Waals surface area contributed by atoms with Crippen molar-refractivity contribution < 1.29 is 13.9 Å². The van der Waals surface area contributed by atoms with Gasteiger partial charge in [-0.05, 0) is 29.8 Å². The Labute approximate surface area is 104 Å². The summed E-state index contributed by atoms with van der Waals surface area (Å²) in [6.07, 6.45) is 0. The van der Waals surface area contributed by atoms with Gasteiger partial charge in [0.15, 0.2) is 0 Å². The summed E-state index contributed by atoms with van der Waals surface area (Å²) < 4.78 is 26.3. The van der Waals surface area contributed by atoms with Gasteiger partial charge in [0.2, 0.25) is 0 Å². The Hall–Kier alpha value is -1.94. The molecule has 94 valence electrons. The molecule has 0 saturated heterocycles. The van der Waals surface area contributed by atoms with Crippen molar-refractivity contribution in [3.8, 4) is 0 Å². The first-order chi connectivity index (χ1) is 8.70. The van der Waals surface area contributed by atoms with Crippen molar-refractivity contribution in [2.75, 3.05) is 11.9 Å². The molecule has 0 heterocycles. The van der Waals surface area contributed by atoms with Gasteiger partial charge in [-0.2, -0.15) is 0 Å². The molecule has 0 spiro atoms. The second-order valence-corrected chi connectivity index (χ2v) is 3.91. The van der Waals surface area contributed by atoms with E-state index >= 15 is 0 Å². The number of anilines is 1. The predicted molar refractivity (Wildman–Crippen MR) is 66.2 cm³/mol. The quantitative estimate of drug-likeness (QED) is 0.872. The van der Waals surface area contributed by atoms with Crippen molar-refractivity contribution in [2.45, 2.75) is 6.04 Å². The van der Waals surface area contributed by atoms with Gasteiger partial charge in [0.25, 0.3) is 0 Å². The topological polar surface area (TPSA) is 32.3 Å². The molecule has 0 aliphatic carbocycles. The van der Waals surface area contributed by atoms with E-state index < -0.39 is 11.9 Å². The van der Waals surface area contributed by atoms with Crippen LogP contribution in [0.5, 0.6) is 0 Å². The highest BCUT2D eigenvalue weighted by atomic mass is 19.1. The Bertz CT molecular complexity index is 513. The van der Waals surface area contributed by atoms with Crippen molar-refractivity contribution in [1.29, 1.82) is 0 Å². The molecule has 0 saturated carbocycles. The summed E-state index contributed by atoms with van der Waals surface area (Å²) in [6, 6.07) is 11.5. The normalized spacial score (nSPS) is 12.2. The van der Waals surface area contributed by atoms with Crippen molar-refractivity contribution >= 4 is 5.69 Å². The van der Waals surface area contributed by atoms with Gasteiger partial charge >= 0.3 is 0 Å². The van der Waals surface area contributed by atoms with Crippen LogP contribution in [0.25, 0.3) is 0 Å². The van der Waals surface area contributed by atoms with Crippen LogP contribution in [0.4, 0.5) is 14.5 Å². The molecule has 1 unspecified atom stereocenters. The van der Waals surface area contributed by atoms with E-state index in [-0.39, 0.29) is 12.4 Å². The molecule has 1 atom stereocenters. The fourth-order valence-electron chi connectivity index (χ4n) is 1.70. The van der Waals surface area contributed by atoms with Crippen LogP contribution < -0.4 is 5.32 Å². The summed E-state index contributed by atoms with van der Waals surface area (Å²) in [5.41, 5.74) is 1.00. The third-order valence-corrected chi connectivity index (χ3v) is 2.66. The molecule has 0 fully saturated rings. The molecular weight excluding hydrogens is 236 g/mol. The van der Waals surface area contributed by atoms with Crippen LogP contribution in [0.1, 0.15) is 11.6 Å². The zero-order valence-corrected chi connectivity index (χ0v) is 9.61. The zero-order valence-electron chi connectivity index (χ0n) is 9.61. The van der Waals surface area contributed by atoms with Crippen LogP contribution in [-0.4, -0.2) is 11.7 Å². The number of aliphatic hydroxyl groups excluding tert-OH is 1. The summed E-state index contributed by atoms with van der Waals surface area (Å²) in [7, 11) is 0. The molecule has 2 aromatic rings. The third-order valence-electron chi connectivity index (χ3n) is 2.66. The Kier molecular flexibility index (Phi) is 3.89. The van der Waals surface area contributed by atoms with E-state index in [1.54, 1.807) is 30.3 Å². The van der Waals surface area contributed by atoms with Gasteiger partial charge in [-0.1, -0.05) is 24.3 Å². The number of nitrogens with one attached hydrogen (secondary N) is 1. The number of hydrogen-bond acceptors (Lipinski definition) is 2. The highest BCUT2D eigenvalue weighted by Gasteiger charge is 2.12. The van der Waals surface area contributed by atoms with Gasteiger partial charge in [-0.15, -0.1) is 0 Å². The van der Waals surface area contributed by atoms with Gasteiger partial charge in [0.1, 0.15) is 11.6 Å². The highest BCUT2D eigenvalue weighted by molar-refractivity contribution is 5.46. The standard InChI is InChI=1S/C14H13F2NO/c15-11-7-5-10(6-8-11)14(9-18)17-13-4-2-1-3-12(13)16/h1-8,14,17-18H,9H2. The minimum Gasteiger partial charge on any atom is -0.394 e. The van der Waals surface area contributed by atoms with E-state index in [1.807, 2.05) is 0 Å². The van der Waals surface area contributed by atoms with E-state index in [0.29, 0.717) is 11.3 Å². The Balaban J connectivity index is 2.20. The fraction of sp³-hybridized carbons (Fsp3) is 0.143. The SMILES string of the molecule is OCC(Nc1ccccc1F)c1ccc(F)cc1. The molecule has 0 radical (unpaired) electrons. The van der Waals surface area contributed by atoms with Gasteiger partial charge < -0.3 is 10.4 Å². The van der Waals surface area contributed by atoms with Gasteiger partial charge in [-0.25, -0.2) is 8.78 Å². The Morgan fingerprint density at radius 2 is 1.67 bits per heavy atom. The lowest BCUT2D eigenvalue weighted by Gasteiger charge is -2.18. The summed E-state index contributed by atoms with van der Waals surface area (Å²) in [5.74, 6) is -0.737. The van der Waals surface area contributed by atoms with Gasteiger partial charge in [-0.3, -0.25) is 0 Å². The largest absolute Gasteiger partial charge is 0.394 e. The lowest BCUT2D eigenvalue weighted by molar-refractivity contribution is 0.276. The van der Waals surface area contributed by atoms with Crippen molar-refractivity contribution in [2.24, 2.45) is 0 Å². The van der Waals surface area contributed by atoms with Crippen LogP contribution in [0.2, 0.25) is 0 Å². The summed E-state index contributed by atoms with van der Waals surface area (Å²) in [5, 5.41) is 12.2. The van der Waals surface area contributed by atoms with Gasteiger partial charge in [0.05, 0.1) is 18.3 Å². The molecule has 0 bridgehead atoms. The molecule has 0 aliphatic heterocycles. The minimum atomic E-state index is -0.470. The number of para-hydroxylation sites is 1. The van der Waals surface area contributed by atoms with E-state index in [2.05, 4.69) is 5.32 Å². The second kappa shape index (κ2) is 5.60. The molecule has 18 heavy (non-hydrogen) atoms. The van der Waals surface area contributed by atoms with Gasteiger partial charge in [0, 0.05) is 0 Å². The van der Waals surface area contributed by atoms with Crippen LogP contribution >= 0.6 is 0 Å². The van der Waals surface area contributed by atoms with E-state index in [9.17, 15) is 13.9 Å². The molecular formula is C14H13F2NO. The molecule has 2 nitrogen and oxygen atoms in total. The van der Waals surface area contributed by atoms with Crippen molar-refractivity contribution in [3.63, 3.8) is 0 Å². The maximum Gasteiger partial charge on any atom is 0.146 e. The maximum atomic E-state index is 13.5.